The van der Waals surface area contributed by atoms with Gasteiger partial charge in [0.1, 0.15) is 6.61 Å². The molecule has 0 bridgehead atoms. The molecule has 1 amide bonds. The predicted molar refractivity (Wildman–Crippen MR) is 73.2 cm³/mol. The zero-order chi connectivity index (χ0) is 12.3. The van der Waals surface area contributed by atoms with Gasteiger partial charge in [0.15, 0.2) is 0 Å². The minimum absolute atomic E-state index is 0. The monoisotopic (exact) mass is 280 g/mol. The highest BCUT2D eigenvalue weighted by molar-refractivity contribution is 5.85. The third-order valence-corrected chi connectivity index (χ3v) is 2.67. The molecule has 1 heterocycles. The summed E-state index contributed by atoms with van der Waals surface area (Å²) in [6.45, 7) is 6.24. The van der Waals surface area contributed by atoms with E-state index in [0.717, 1.165) is 45.6 Å². The molecule has 0 aromatic rings. The van der Waals surface area contributed by atoms with Crippen LogP contribution in [0, 0.1) is 0 Å². The van der Waals surface area contributed by atoms with E-state index in [1.807, 2.05) is 0 Å². The minimum Gasteiger partial charge on any atom is -0.381 e. The largest absolute Gasteiger partial charge is 0.381 e. The smallest absolute Gasteiger partial charge is 0.246 e. The fourth-order valence-electron chi connectivity index (χ4n) is 1.68. The maximum Gasteiger partial charge on any atom is 0.246 e. The second-order valence-electron chi connectivity index (χ2n) is 4.22. The van der Waals surface area contributed by atoms with E-state index >= 15 is 0 Å². The third-order valence-electron chi connectivity index (χ3n) is 2.67. The van der Waals surface area contributed by atoms with Crippen LogP contribution in [0.1, 0.15) is 26.2 Å². The number of rotatable bonds is 8. The van der Waals surface area contributed by atoms with Crippen LogP contribution in [0.2, 0.25) is 0 Å². The molecule has 18 heavy (non-hydrogen) atoms. The van der Waals surface area contributed by atoms with Crippen molar-refractivity contribution in [3.63, 3.8) is 0 Å². The summed E-state index contributed by atoms with van der Waals surface area (Å²) in [5.41, 5.74) is 0. The summed E-state index contributed by atoms with van der Waals surface area (Å²) in [4.78, 5) is 11.4. The molecule has 1 aliphatic heterocycles. The molecule has 5 nitrogen and oxygen atoms in total. The third kappa shape index (κ3) is 8.69. The van der Waals surface area contributed by atoms with Crippen molar-refractivity contribution in [2.24, 2.45) is 0 Å². The van der Waals surface area contributed by atoms with Gasteiger partial charge in [-0.15, -0.1) is 12.4 Å². The van der Waals surface area contributed by atoms with Gasteiger partial charge in [-0.3, -0.25) is 4.79 Å². The summed E-state index contributed by atoms with van der Waals surface area (Å²) in [6, 6.07) is 0. The van der Waals surface area contributed by atoms with E-state index in [1.165, 1.54) is 0 Å². The average Bonchev–Trinajstić information content (AvgIpc) is 2.37. The first kappa shape index (κ1) is 17.6. The first-order chi connectivity index (χ1) is 8.33. The number of nitrogens with one attached hydrogen (secondary N) is 2. The lowest BCUT2D eigenvalue weighted by molar-refractivity contribution is -0.129. The molecule has 1 aliphatic rings. The molecule has 0 spiro atoms. The van der Waals surface area contributed by atoms with E-state index in [1.54, 1.807) is 0 Å². The zero-order valence-electron chi connectivity index (χ0n) is 11.1. The highest BCUT2D eigenvalue weighted by Crippen LogP contribution is 2.09. The van der Waals surface area contributed by atoms with Crippen LogP contribution in [0.3, 0.4) is 0 Å². The Bertz CT molecular complexity index is 211. The Hall–Kier alpha value is -0.360. The molecule has 2 N–H and O–H groups in total. The summed E-state index contributed by atoms with van der Waals surface area (Å²) >= 11 is 0. The van der Waals surface area contributed by atoms with Crippen LogP contribution in [0.5, 0.6) is 0 Å². The Kier molecular flexibility index (Phi) is 11.5. The van der Waals surface area contributed by atoms with Crippen LogP contribution in [-0.2, 0) is 14.3 Å². The van der Waals surface area contributed by atoms with Crippen LogP contribution < -0.4 is 10.6 Å². The molecule has 0 radical (unpaired) electrons. The van der Waals surface area contributed by atoms with Crippen LogP contribution >= 0.6 is 12.4 Å². The molecule has 0 aromatic carbocycles. The fraction of sp³-hybridized carbons (Fsp3) is 0.917. The summed E-state index contributed by atoms with van der Waals surface area (Å²) in [7, 11) is 0. The van der Waals surface area contributed by atoms with E-state index in [2.05, 4.69) is 17.6 Å². The van der Waals surface area contributed by atoms with Gasteiger partial charge in [0, 0.05) is 26.3 Å². The maximum absolute atomic E-state index is 11.4. The SMILES string of the molecule is CCCNCCNC(=O)COC1CCOCC1.Cl. The molecular weight excluding hydrogens is 256 g/mol. The molecule has 108 valence electrons. The molecular formula is C12H25ClN2O3. The number of hydrogen-bond acceptors (Lipinski definition) is 4. The van der Waals surface area contributed by atoms with Crippen LogP contribution in [0.4, 0.5) is 0 Å². The first-order valence-corrected chi connectivity index (χ1v) is 6.49. The van der Waals surface area contributed by atoms with Gasteiger partial charge < -0.3 is 20.1 Å². The molecule has 0 unspecified atom stereocenters. The van der Waals surface area contributed by atoms with Crippen molar-refractivity contribution < 1.29 is 14.3 Å². The van der Waals surface area contributed by atoms with Gasteiger partial charge in [0.2, 0.25) is 5.91 Å². The van der Waals surface area contributed by atoms with E-state index in [-0.39, 0.29) is 31.0 Å². The average molecular weight is 281 g/mol. The van der Waals surface area contributed by atoms with Gasteiger partial charge >= 0.3 is 0 Å². The van der Waals surface area contributed by atoms with E-state index in [4.69, 9.17) is 9.47 Å². The predicted octanol–water partition coefficient (Wildman–Crippen LogP) is 0.720. The summed E-state index contributed by atoms with van der Waals surface area (Å²) in [5, 5.41) is 6.05. The number of hydrogen-bond donors (Lipinski definition) is 2. The van der Waals surface area contributed by atoms with Gasteiger partial charge in [-0.25, -0.2) is 0 Å². The molecule has 1 fully saturated rings. The first-order valence-electron chi connectivity index (χ1n) is 6.49. The van der Waals surface area contributed by atoms with Crippen molar-refractivity contribution in [1.29, 1.82) is 0 Å². The number of ether oxygens (including phenoxy) is 2. The molecule has 1 rings (SSSR count). The highest BCUT2D eigenvalue weighted by Gasteiger charge is 2.15. The fourth-order valence-corrected chi connectivity index (χ4v) is 1.68. The van der Waals surface area contributed by atoms with Gasteiger partial charge in [0.25, 0.3) is 0 Å². The van der Waals surface area contributed by atoms with Gasteiger partial charge in [0.05, 0.1) is 6.10 Å². The lowest BCUT2D eigenvalue weighted by Crippen LogP contribution is -2.36. The lowest BCUT2D eigenvalue weighted by Gasteiger charge is -2.22. The lowest BCUT2D eigenvalue weighted by atomic mass is 10.2. The van der Waals surface area contributed by atoms with Crippen molar-refractivity contribution >= 4 is 18.3 Å². The highest BCUT2D eigenvalue weighted by atomic mass is 35.5. The van der Waals surface area contributed by atoms with Crippen LogP contribution in [0.15, 0.2) is 0 Å². The molecule has 0 saturated carbocycles. The Labute approximate surface area is 115 Å². The Morgan fingerprint density at radius 2 is 2.00 bits per heavy atom. The van der Waals surface area contributed by atoms with Crippen molar-refractivity contribution in [1.82, 2.24) is 10.6 Å². The zero-order valence-corrected chi connectivity index (χ0v) is 11.9. The Morgan fingerprint density at radius 3 is 2.67 bits per heavy atom. The van der Waals surface area contributed by atoms with E-state index in [9.17, 15) is 4.79 Å². The van der Waals surface area contributed by atoms with Crippen molar-refractivity contribution in [2.75, 3.05) is 39.5 Å². The van der Waals surface area contributed by atoms with Gasteiger partial charge in [-0.2, -0.15) is 0 Å². The number of halogens is 1. The van der Waals surface area contributed by atoms with Crippen molar-refractivity contribution in [2.45, 2.75) is 32.3 Å². The molecule has 0 aliphatic carbocycles. The summed E-state index contributed by atoms with van der Waals surface area (Å²) in [6.07, 6.45) is 3.09. The van der Waals surface area contributed by atoms with Gasteiger partial charge in [-0.05, 0) is 25.8 Å². The summed E-state index contributed by atoms with van der Waals surface area (Å²) < 4.78 is 10.7. The van der Waals surface area contributed by atoms with E-state index < -0.39 is 0 Å². The second kappa shape index (κ2) is 11.7. The van der Waals surface area contributed by atoms with Crippen molar-refractivity contribution in [3.05, 3.63) is 0 Å². The molecule has 1 saturated heterocycles. The van der Waals surface area contributed by atoms with Crippen LogP contribution in [-0.4, -0.2) is 51.5 Å². The Morgan fingerprint density at radius 1 is 1.28 bits per heavy atom. The van der Waals surface area contributed by atoms with Crippen LogP contribution in [0.25, 0.3) is 0 Å². The molecule has 0 atom stereocenters. The molecule has 0 aromatic heterocycles. The number of carbonyl (C=O) groups excluding carboxylic acids is 1. The standard InChI is InChI=1S/C12H24N2O3.ClH/c1-2-5-13-6-7-14-12(15)10-17-11-3-8-16-9-4-11;/h11,13H,2-10H2,1H3,(H,14,15);1H. The second-order valence-corrected chi connectivity index (χ2v) is 4.22. The topological polar surface area (TPSA) is 59.6 Å². The molecule has 6 heteroatoms. The Balaban J connectivity index is 0.00000289. The van der Waals surface area contributed by atoms with Gasteiger partial charge in [-0.1, -0.05) is 6.92 Å². The number of amides is 1. The quantitative estimate of drug-likeness (QED) is 0.643. The summed E-state index contributed by atoms with van der Waals surface area (Å²) in [5.74, 6) is -0.0326. The normalized spacial score (nSPS) is 16.1. The minimum atomic E-state index is -0.0326. The number of carbonyl (C=O) groups is 1. The maximum atomic E-state index is 11.4. The van der Waals surface area contributed by atoms with Crippen molar-refractivity contribution in [3.8, 4) is 0 Å². The van der Waals surface area contributed by atoms with E-state index in [0.29, 0.717) is 6.54 Å².